The molecule has 23 heavy (non-hydrogen) atoms. The Bertz CT molecular complexity index is 811. The summed E-state index contributed by atoms with van der Waals surface area (Å²) in [7, 11) is -2.02. The molecule has 0 bridgehead atoms. The molecule has 0 saturated carbocycles. The number of nitrogens with one attached hydrogen (secondary N) is 1. The highest BCUT2D eigenvalue weighted by Crippen LogP contribution is 2.19. The molecule has 2 aromatic rings. The molecule has 1 unspecified atom stereocenters. The molecule has 1 atom stereocenters. The van der Waals surface area contributed by atoms with Crippen molar-refractivity contribution in [1.29, 1.82) is 0 Å². The summed E-state index contributed by atoms with van der Waals surface area (Å²) in [5.74, 6) is -0.0968. The fourth-order valence-corrected chi connectivity index (χ4v) is 4.21. The van der Waals surface area contributed by atoms with E-state index in [0.717, 1.165) is 0 Å². The molecule has 7 heteroatoms. The highest BCUT2D eigenvalue weighted by Gasteiger charge is 2.26. The number of hydrogen-bond acceptors (Lipinski definition) is 4. The number of benzene rings is 1. The van der Waals surface area contributed by atoms with Gasteiger partial charge in [0, 0.05) is 25.1 Å². The number of ketones is 1. The summed E-state index contributed by atoms with van der Waals surface area (Å²) >= 11 is 0. The lowest BCUT2D eigenvalue weighted by atomic mass is 10.1. The minimum atomic E-state index is -3.71. The van der Waals surface area contributed by atoms with E-state index in [-0.39, 0.29) is 17.1 Å². The highest BCUT2D eigenvalue weighted by atomic mass is 32.2. The predicted molar refractivity (Wildman–Crippen MR) is 87.9 cm³/mol. The van der Waals surface area contributed by atoms with Crippen LogP contribution in [-0.2, 0) is 17.1 Å². The quantitative estimate of drug-likeness (QED) is 0.819. The summed E-state index contributed by atoms with van der Waals surface area (Å²) in [5.41, 5.74) is 1.59. The van der Waals surface area contributed by atoms with Gasteiger partial charge in [0.05, 0.1) is 11.4 Å². The fraction of sp³-hybridized carbons (Fsp3) is 0.375. The molecule has 1 N–H and O–H groups in total. The molecule has 1 aromatic heterocycles. The Hall–Kier alpha value is -1.99. The van der Waals surface area contributed by atoms with Gasteiger partial charge >= 0.3 is 0 Å². The summed E-state index contributed by atoms with van der Waals surface area (Å²) in [4.78, 5) is 12.3. The van der Waals surface area contributed by atoms with E-state index in [1.54, 1.807) is 52.1 Å². The molecular formula is C16H21N3O3S. The van der Waals surface area contributed by atoms with Crippen LogP contribution in [0.25, 0.3) is 0 Å². The van der Waals surface area contributed by atoms with E-state index < -0.39 is 16.1 Å². The van der Waals surface area contributed by atoms with Crippen molar-refractivity contribution < 1.29 is 13.2 Å². The standard InChI is InChI=1S/C16H21N3O3S/c1-11(10-15(20)14-8-6-5-7-9-14)18-23(21,22)16-12(2)17-19(4)13(16)3/h5-9,11,18H,10H2,1-4H3. The van der Waals surface area contributed by atoms with Gasteiger partial charge in [0.2, 0.25) is 10.0 Å². The van der Waals surface area contributed by atoms with E-state index in [1.165, 1.54) is 4.68 Å². The Balaban J connectivity index is 2.13. The van der Waals surface area contributed by atoms with Crippen molar-refractivity contribution in [2.45, 2.75) is 38.1 Å². The van der Waals surface area contributed by atoms with E-state index in [0.29, 0.717) is 17.0 Å². The predicted octanol–water partition coefficient (Wildman–Crippen LogP) is 1.98. The van der Waals surface area contributed by atoms with Crippen molar-refractivity contribution >= 4 is 15.8 Å². The van der Waals surface area contributed by atoms with E-state index in [1.807, 2.05) is 6.07 Å². The third-order valence-electron chi connectivity index (χ3n) is 3.66. The normalized spacial score (nSPS) is 13.0. The number of nitrogens with zero attached hydrogens (tertiary/aromatic N) is 2. The summed E-state index contributed by atoms with van der Waals surface area (Å²) < 4.78 is 29.2. The second kappa shape index (κ2) is 6.64. The van der Waals surface area contributed by atoms with Crippen molar-refractivity contribution in [3.63, 3.8) is 0 Å². The maximum atomic E-state index is 12.5. The molecule has 124 valence electrons. The zero-order valence-electron chi connectivity index (χ0n) is 13.7. The molecule has 2 rings (SSSR count). The van der Waals surface area contributed by atoms with E-state index in [4.69, 9.17) is 0 Å². The van der Waals surface area contributed by atoms with Gasteiger partial charge in [-0.3, -0.25) is 9.48 Å². The molecule has 0 amide bonds. The number of hydrogen-bond donors (Lipinski definition) is 1. The van der Waals surface area contributed by atoms with Crippen molar-refractivity contribution in [2.24, 2.45) is 7.05 Å². The number of rotatable bonds is 6. The van der Waals surface area contributed by atoms with Crippen LogP contribution in [0.1, 0.15) is 35.1 Å². The minimum Gasteiger partial charge on any atom is -0.294 e. The van der Waals surface area contributed by atoms with Gasteiger partial charge < -0.3 is 0 Å². The number of carbonyl (C=O) groups excluding carboxylic acids is 1. The van der Waals surface area contributed by atoms with Gasteiger partial charge in [-0.2, -0.15) is 5.10 Å². The summed E-state index contributed by atoms with van der Waals surface area (Å²) in [6.45, 7) is 5.04. The number of Topliss-reactive ketones (excluding diaryl/α,β-unsaturated/α-hetero) is 1. The first-order valence-corrected chi connectivity index (χ1v) is 8.81. The second-order valence-corrected chi connectivity index (χ2v) is 7.29. The molecule has 0 radical (unpaired) electrons. The van der Waals surface area contributed by atoms with Gasteiger partial charge in [-0.25, -0.2) is 13.1 Å². The van der Waals surface area contributed by atoms with Crippen molar-refractivity contribution in [1.82, 2.24) is 14.5 Å². The third kappa shape index (κ3) is 3.86. The molecule has 1 heterocycles. The Morgan fingerprint density at radius 2 is 1.87 bits per heavy atom. The first-order valence-electron chi connectivity index (χ1n) is 7.33. The van der Waals surface area contributed by atoms with Crippen molar-refractivity contribution in [3.8, 4) is 0 Å². The van der Waals surface area contributed by atoms with Crippen LogP contribution in [0, 0.1) is 13.8 Å². The van der Waals surface area contributed by atoms with Gasteiger partial charge in [-0.05, 0) is 20.8 Å². The smallest absolute Gasteiger partial charge is 0.244 e. The van der Waals surface area contributed by atoms with E-state index in [9.17, 15) is 13.2 Å². The average molecular weight is 335 g/mol. The first-order chi connectivity index (χ1) is 10.7. The minimum absolute atomic E-state index is 0.0968. The molecule has 0 aliphatic rings. The van der Waals surface area contributed by atoms with Crippen LogP contribution in [0.3, 0.4) is 0 Å². The van der Waals surface area contributed by atoms with Crippen LogP contribution in [0.2, 0.25) is 0 Å². The van der Waals surface area contributed by atoms with E-state index >= 15 is 0 Å². The van der Waals surface area contributed by atoms with Crippen LogP contribution in [0.15, 0.2) is 35.2 Å². The largest absolute Gasteiger partial charge is 0.294 e. The van der Waals surface area contributed by atoms with Crippen LogP contribution in [-0.4, -0.2) is 30.0 Å². The Morgan fingerprint density at radius 3 is 2.39 bits per heavy atom. The summed E-state index contributed by atoms with van der Waals surface area (Å²) in [5, 5.41) is 4.12. The third-order valence-corrected chi connectivity index (χ3v) is 5.50. The van der Waals surface area contributed by atoms with Gasteiger partial charge in [0.25, 0.3) is 0 Å². The maximum absolute atomic E-state index is 12.5. The number of aryl methyl sites for hydroxylation is 2. The van der Waals surface area contributed by atoms with Crippen LogP contribution >= 0.6 is 0 Å². The zero-order valence-corrected chi connectivity index (χ0v) is 14.5. The molecular weight excluding hydrogens is 314 g/mol. The van der Waals surface area contributed by atoms with Crippen LogP contribution in [0.5, 0.6) is 0 Å². The molecule has 0 saturated heterocycles. The zero-order chi connectivity index (χ0) is 17.2. The molecule has 6 nitrogen and oxygen atoms in total. The summed E-state index contributed by atoms with van der Waals surface area (Å²) in [6, 6.07) is 8.33. The first kappa shape index (κ1) is 17.4. The molecule has 0 aliphatic heterocycles. The van der Waals surface area contributed by atoms with Gasteiger partial charge in [-0.15, -0.1) is 0 Å². The van der Waals surface area contributed by atoms with Gasteiger partial charge in [-0.1, -0.05) is 30.3 Å². The lowest BCUT2D eigenvalue weighted by Crippen LogP contribution is -2.34. The van der Waals surface area contributed by atoms with Crippen molar-refractivity contribution in [3.05, 3.63) is 47.3 Å². The number of carbonyl (C=O) groups is 1. The molecule has 0 fully saturated rings. The van der Waals surface area contributed by atoms with Crippen LogP contribution < -0.4 is 4.72 Å². The fourth-order valence-electron chi connectivity index (χ4n) is 2.53. The van der Waals surface area contributed by atoms with E-state index in [2.05, 4.69) is 9.82 Å². The maximum Gasteiger partial charge on any atom is 0.244 e. The Labute approximate surface area is 136 Å². The Morgan fingerprint density at radius 1 is 1.26 bits per heavy atom. The van der Waals surface area contributed by atoms with Gasteiger partial charge in [0.1, 0.15) is 4.90 Å². The number of sulfonamides is 1. The Kier molecular flexibility index (Phi) is 5.01. The topological polar surface area (TPSA) is 81.1 Å². The SMILES string of the molecule is Cc1nn(C)c(C)c1S(=O)(=O)NC(C)CC(=O)c1ccccc1. The monoisotopic (exact) mass is 335 g/mol. The van der Waals surface area contributed by atoms with Gasteiger partial charge in [0.15, 0.2) is 5.78 Å². The highest BCUT2D eigenvalue weighted by molar-refractivity contribution is 7.89. The molecule has 1 aromatic carbocycles. The average Bonchev–Trinajstić information content (AvgIpc) is 2.72. The van der Waals surface area contributed by atoms with Crippen LogP contribution in [0.4, 0.5) is 0 Å². The lowest BCUT2D eigenvalue weighted by Gasteiger charge is -2.14. The second-order valence-electron chi connectivity index (χ2n) is 5.64. The lowest BCUT2D eigenvalue weighted by molar-refractivity contribution is 0.0975. The molecule has 0 aliphatic carbocycles. The number of aromatic nitrogens is 2. The molecule has 0 spiro atoms. The summed E-state index contributed by atoms with van der Waals surface area (Å²) in [6.07, 6.45) is 0.0988. The van der Waals surface area contributed by atoms with Crippen molar-refractivity contribution in [2.75, 3.05) is 0 Å².